The number of piperidine rings is 1. The second kappa shape index (κ2) is 10.00. The minimum Gasteiger partial charge on any atom is -0.352 e. The first-order valence-electron chi connectivity index (χ1n) is 7.39. The molecule has 2 N–H and O–H groups in total. The molecule has 1 fully saturated rings. The molecule has 0 aliphatic carbocycles. The maximum Gasteiger partial charge on any atom is 0.223 e. The summed E-state index contributed by atoms with van der Waals surface area (Å²) in [7, 11) is 0. The molecule has 1 aliphatic heterocycles. The summed E-state index contributed by atoms with van der Waals surface area (Å²) in [6.45, 7) is 8.44. The van der Waals surface area contributed by atoms with E-state index in [4.69, 9.17) is 0 Å². The fourth-order valence-electron chi connectivity index (χ4n) is 2.47. The quantitative estimate of drug-likeness (QED) is 0.778. The minimum absolute atomic E-state index is 0. The Morgan fingerprint density at radius 3 is 2.45 bits per heavy atom. The Hall–Kier alpha value is -0.810. The van der Waals surface area contributed by atoms with Crippen molar-refractivity contribution in [3.05, 3.63) is 0 Å². The lowest BCUT2D eigenvalue weighted by atomic mass is 10.00. The van der Waals surface area contributed by atoms with Crippen molar-refractivity contribution in [2.75, 3.05) is 19.6 Å². The predicted octanol–water partition coefficient (Wildman–Crippen LogP) is 1.31. The third-order valence-electron chi connectivity index (χ3n) is 3.79. The molecule has 1 saturated heterocycles. The van der Waals surface area contributed by atoms with E-state index < -0.39 is 0 Å². The molecular weight excluding hydrogens is 278 g/mol. The Bertz CT molecular complexity index is 309. The Balaban J connectivity index is 0.00000361. The van der Waals surface area contributed by atoms with Gasteiger partial charge in [-0.1, -0.05) is 0 Å². The van der Waals surface area contributed by atoms with Gasteiger partial charge in [-0.15, -0.1) is 12.4 Å². The van der Waals surface area contributed by atoms with Crippen LogP contribution in [0.25, 0.3) is 0 Å². The summed E-state index contributed by atoms with van der Waals surface area (Å²) >= 11 is 0. The molecule has 5 nitrogen and oxygen atoms in total. The topological polar surface area (TPSA) is 61.4 Å². The minimum atomic E-state index is -0.0129. The summed E-state index contributed by atoms with van der Waals surface area (Å²) in [5.41, 5.74) is 0. The Morgan fingerprint density at radius 2 is 1.90 bits per heavy atom. The highest BCUT2D eigenvalue weighted by molar-refractivity contribution is 5.85. The molecule has 1 heterocycles. The monoisotopic (exact) mass is 305 g/mol. The maximum absolute atomic E-state index is 11.9. The molecule has 0 bridgehead atoms. The first kappa shape index (κ1) is 19.2. The highest BCUT2D eigenvalue weighted by atomic mass is 35.5. The Labute approximate surface area is 128 Å². The standard InChI is InChI=1S/C14H27N3O2.ClH/c1-4-17(5-2)14(19)9-8-13(18)16-12-7-6-10-15-11(12)3;/h11-12,15H,4-10H2,1-3H3,(H,16,18);1H. The smallest absolute Gasteiger partial charge is 0.223 e. The second-order valence-electron chi connectivity index (χ2n) is 5.13. The normalized spacial score (nSPS) is 21.8. The molecule has 118 valence electrons. The molecule has 2 amide bonds. The SMILES string of the molecule is CCN(CC)C(=O)CCC(=O)NC1CCCNC1C.Cl. The van der Waals surface area contributed by atoms with Crippen LogP contribution in [-0.4, -0.2) is 48.4 Å². The lowest BCUT2D eigenvalue weighted by Crippen LogP contribution is -2.52. The van der Waals surface area contributed by atoms with Crippen molar-refractivity contribution in [1.82, 2.24) is 15.5 Å². The van der Waals surface area contributed by atoms with Gasteiger partial charge in [-0.3, -0.25) is 9.59 Å². The molecule has 2 atom stereocenters. The van der Waals surface area contributed by atoms with Gasteiger partial charge in [-0.2, -0.15) is 0 Å². The Morgan fingerprint density at radius 1 is 1.25 bits per heavy atom. The van der Waals surface area contributed by atoms with Gasteiger partial charge in [0.1, 0.15) is 0 Å². The second-order valence-corrected chi connectivity index (χ2v) is 5.13. The number of halogens is 1. The molecule has 2 unspecified atom stereocenters. The van der Waals surface area contributed by atoms with Crippen molar-refractivity contribution in [2.24, 2.45) is 0 Å². The van der Waals surface area contributed by atoms with Crippen molar-refractivity contribution in [2.45, 2.75) is 58.5 Å². The third kappa shape index (κ3) is 6.09. The summed E-state index contributed by atoms with van der Waals surface area (Å²) in [4.78, 5) is 25.4. The van der Waals surface area contributed by atoms with Gasteiger partial charge in [0.2, 0.25) is 11.8 Å². The Kier molecular flexibility index (Phi) is 9.59. The summed E-state index contributed by atoms with van der Waals surface area (Å²) in [5.74, 6) is 0.0519. The van der Waals surface area contributed by atoms with Crippen LogP contribution in [0.2, 0.25) is 0 Å². The van der Waals surface area contributed by atoms with Crippen molar-refractivity contribution in [1.29, 1.82) is 0 Å². The van der Waals surface area contributed by atoms with E-state index in [2.05, 4.69) is 17.6 Å². The molecule has 0 aromatic rings. The zero-order chi connectivity index (χ0) is 14.3. The molecule has 6 heteroatoms. The number of carbonyl (C=O) groups excluding carboxylic acids is 2. The fourth-order valence-corrected chi connectivity index (χ4v) is 2.47. The lowest BCUT2D eigenvalue weighted by Gasteiger charge is -2.30. The molecule has 1 aliphatic rings. The third-order valence-corrected chi connectivity index (χ3v) is 3.79. The summed E-state index contributed by atoms with van der Waals surface area (Å²) < 4.78 is 0. The van der Waals surface area contributed by atoms with E-state index in [0.29, 0.717) is 32.0 Å². The average Bonchev–Trinajstić information content (AvgIpc) is 2.40. The summed E-state index contributed by atoms with van der Waals surface area (Å²) in [6, 6.07) is 0.515. The first-order chi connectivity index (χ1) is 9.08. The van der Waals surface area contributed by atoms with Crippen LogP contribution >= 0.6 is 12.4 Å². The molecular formula is C14H28ClN3O2. The molecule has 0 aromatic carbocycles. The molecule has 0 aromatic heterocycles. The van der Waals surface area contributed by atoms with Crippen molar-refractivity contribution < 1.29 is 9.59 Å². The number of amides is 2. The largest absolute Gasteiger partial charge is 0.352 e. The zero-order valence-corrected chi connectivity index (χ0v) is 13.6. The summed E-state index contributed by atoms with van der Waals surface area (Å²) in [6.07, 6.45) is 2.71. The van der Waals surface area contributed by atoms with Crippen LogP contribution in [0.3, 0.4) is 0 Å². The van der Waals surface area contributed by atoms with Crippen molar-refractivity contribution in [3.8, 4) is 0 Å². The first-order valence-corrected chi connectivity index (χ1v) is 7.39. The number of nitrogens with one attached hydrogen (secondary N) is 2. The van der Waals surface area contributed by atoms with Crippen LogP contribution in [0.1, 0.15) is 46.5 Å². The van der Waals surface area contributed by atoms with Gasteiger partial charge < -0.3 is 15.5 Å². The van der Waals surface area contributed by atoms with Gasteiger partial charge in [0.05, 0.1) is 0 Å². The average molecular weight is 306 g/mol. The molecule has 0 radical (unpaired) electrons. The van der Waals surface area contributed by atoms with Gasteiger partial charge >= 0.3 is 0 Å². The highest BCUT2D eigenvalue weighted by Crippen LogP contribution is 2.08. The number of rotatable bonds is 6. The van der Waals surface area contributed by atoms with Crippen molar-refractivity contribution >= 4 is 24.2 Å². The van der Waals surface area contributed by atoms with E-state index in [1.54, 1.807) is 4.90 Å². The van der Waals surface area contributed by atoms with Gasteiger partial charge in [0.25, 0.3) is 0 Å². The number of carbonyl (C=O) groups is 2. The summed E-state index contributed by atoms with van der Waals surface area (Å²) in [5, 5.41) is 6.38. The van der Waals surface area contributed by atoms with Gasteiger partial charge in [-0.25, -0.2) is 0 Å². The van der Waals surface area contributed by atoms with E-state index >= 15 is 0 Å². The maximum atomic E-state index is 11.9. The van der Waals surface area contributed by atoms with E-state index in [0.717, 1.165) is 19.4 Å². The molecule has 1 rings (SSSR count). The lowest BCUT2D eigenvalue weighted by molar-refractivity contribution is -0.133. The van der Waals surface area contributed by atoms with Gasteiger partial charge in [-0.05, 0) is 40.2 Å². The van der Waals surface area contributed by atoms with Crippen LogP contribution in [-0.2, 0) is 9.59 Å². The van der Waals surface area contributed by atoms with Crippen LogP contribution in [0.15, 0.2) is 0 Å². The van der Waals surface area contributed by atoms with Crippen LogP contribution < -0.4 is 10.6 Å². The number of hydrogen-bond donors (Lipinski definition) is 2. The molecule has 0 saturated carbocycles. The predicted molar refractivity (Wildman–Crippen MR) is 83.0 cm³/mol. The highest BCUT2D eigenvalue weighted by Gasteiger charge is 2.22. The van der Waals surface area contributed by atoms with Crippen LogP contribution in [0.4, 0.5) is 0 Å². The van der Waals surface area contributed by atoms with E-state index in [1.165, 1.54) is 0 Å². The van der Waals surface area contributed by atoms with Crippen LogP contribution in [0, 0.1) is 0 Å². The number of hydrogen-bond acceptors (Lipinski definition) is 3. The van der Waals surface area contributed by atoms with E-state index in [1.807, 2.05) is 13.8 Å². The van der Waals surface area contributed by atoms with Crippen molar-refractivity contribution in [3.63, 3.8) is 0 Å². The van der Waals surface area contributed by atoms with E-state index in [-0.39, 0.29) is 30.3 Å². The fraction of sp³-hybridized carbons (Fsp3) is 0.857. The van der Waals surface area contributed by atoms with Gasteiger partial charge in [0, 0.05) is 38.0 Å². The zero-order valence-electron chi connectivity index (χ0n) is 12.8. The van der Waals surface area contributed by atoms with Gasteiger partial charge in [0.15, 0.2) is 0 Å². The molecule has 0 spiro atoms. The number of nitrogens with zero attached hydrogens (tertiary/aromatic N) is 1. The van der Waals surface area contributed by atoms with E-state index in [9.17, 15) is 9.59 Å². The van der Waals surface area contributed by atoms with Crippen LogP contribution in [0.5, 0.6) is 0 Å². The molecule has 20 heavy (non-hydrogen) atoms.